The van der Waals surface area contributed by atoms with Crippen molar-refractivity contribution in [1.82, 2.24) is 0 Å². The molecule has 4 heteroatoms. The second-order valence-electron chi connectivity index (χ2n) is 0. The van der Waals surface area contributed by atoms with Gasteiger partial charge in [-0.15, -0.1) is 0 Å². The van der Waals surface area contributed by atoms with E-state index in [0.29, 0.717) is 0 Å². The predicted molar refractivity (Wildman–Crippen MR) is 11.3 cm³/mol. The molecule has 4 heavy (non-hydrogen) atoms. The van der Waals surface area contributed by atoms with E-state index in [0.717, 1.165) is 0 Å². The fraction of sp³-hybridized carbons (Fsp3) is 0. The van der Waals surface area contributed by atoms with Crippen LogP contribution in [0, 0.1) is 0 Å². The van der Waals surface area contributed by atoms with Gasteiger partial charge in [0.2, 0.25) is 0 Å². The molecule has 0 saturated carbocycles. The topological polar surface area (TPSA) is 0 Å². The second kappa shape index (κ2) is 21.6. The Hall–Kier alpha value is 1.78. The molecular formula is H4CuFeMnSi. The summed E-state index contributed by atoms with van der Waals surface area (Å²) in [6, 6.07) is 0. The first-order valence-electron chi connectivity index (χ1n) is 0. The Morgan fingerprint density at radius 2 is 1.00 bits per heavy atom. The molecule has 0 aliphatic carbocycles. The van der Waals surface area contributed by atoms with Crippen LogP contribution >= 0.6 is 0 Å². The first-order valence-corrected chi connectivity index (χ1v) is 0. The van der Waals surface area contributed by atoms with Gasteiger partial charge in [-0.05, 0) is 11.0 Å². The van der Waals surface area contributed by atoms with Crippen molar-refractivity contribution in [2.24, 2.45) is 0 Å². The fourth-order valence-electron chi connectivity index (χ4n) is 0. The van der Waals surface area contributed by atoms with E-state index >= 15 is 0 Å². The Bertz CT molecular complexity index is 8.00. The van der Waals surface area contributed by atoms with E-state index in [9.17, 15) is 0 Å². The molecule has 34 valence electrons. The van der Waals surface area contributed by atoms with E-state index in [1.807, 2.05) is 0 Å². The van der Waals surface area contributed by atoms with E-state index in [1.54, 1.807) is 0 Å². The Morgan fingerprint density at radius 3 is 1.00 bits per heavy atom. The first-order chi connectivity index (χ1) is 0. The zero-order valence-corrected chi connectivity index (χ0v) is 4.26. The van der Waals surface area contributed by atoms with Crippen molar-refractivity contribution in [3.8, 4) is 0 Å². The molecule has 0 atom stereocenters. The van der Waals surface area contributed by atoms with Gasteiger partial charge in [0.25, 0.3) is 0 Å². The van der Waals surface area contributed by atoms with Gasteiger partial charge in [-0.1, -0.05) is 0 Å². The van der Waals surface area contributed by atoms with Crippen LogP contribution in [0.15, 0.2) is 0 Å². The SMILES string of the molecule is [Cu].[Fe].[Mn].[SiH4]. The largest absolute Gasteiger partial charge is 0.0149 e. The van der Waals surface area contributed by atoms with Gasteiger partial charge in [-0.3, -0.25) is 0 Å². The minimum Gasteiger partial charge on any atom is -0.0149 e. The molecule has 0 amide bonds. The molecule has 0 saturated heterocycles. The minimum atomic E-state index is 0. The molecule has 0 aliphatic heterocycles. The summed E-state index contributed by atoms with van der Waals surface area (Å²) in [5.41, 5.74) is 0. The molecule has 0 aromatic rings. The maximum atomic E-state index is 0. The molecule has 0 fully saturated rings. The summed E-state index contributed by atoms with van der Waals surface area (Å²) < 4.78 is 0. The van der Waals surface area contributed by atoms with Crippen LogP contribution < -0.4 is 0 Å². The van der Waals surface area contributed by atoms with Gasteiger partial charge in [-0.25, -0.2) is 0 Å². The molecule has 0 bridgehead atoms. The van der Waals surface area contributed by atoms with Crippen LogP contribution in [0.25, 0.3) is 0 Å². The molecule has 0 N–H and O–H groups in total. The first kappa shape index (κ1) is 41.8. The zero-order valence-electron chi connectivity index (χ0n) is 1.03. The van der Waals surface area contributed by atoms with Gasteiger partial charge in [0.15, 0.2) is 0 Å². The van der Waals surface area contributed by atoms with Crippen LogP contribution in [-0.2, 0) is 51.2 Å². The van der Waals surface area contributed by atoms with Crippen molar-refractivity contribution < 1.29 is 51.2 Å². The van der Waals surface area contributed by atoms with Gasteiger partial charge >= 0.3 is 0 Å². The van der Waals surface area contributed by atoms with Crippen LogP contribution in [0.4, 0.5) is 0 Å². The summed E-state index contributed by atoms with van der Waals surface area (Å²) in [6.45, 7) is 0. The monoisotopic (exact) mass is 206 g/mol. The third kappa shape index (κ3) is 9.23. The molecule has 0 heterocycles. The summed E-state index contributed by atoms with van der Waals surface area (Å²) in [7, 11) is 0. The zero-order chi connectivity index (χ0) is 0. The van der Waals surface area contributed by atoms with Crippen molar-refractivity contribution in [2.75, 3.05) is 0 Å². The number of hydrogen-bond donors (Lipinski definition) is 0. The van der Waals surface area contributed by atoms with Gasteiger partial charge < -0.3 is 0 Å². The smallest absolute Gasteiger partial charge is 0 e. The second-order valence-corrected chi connectivity index (χ2v) is 0. The van der Waals surface area contributed by atoms with Gasteiger partial charge in [-0.2, -0.15) is 0 Å². The minimum absolute atomic E-state index is 0. The molecule has 0 rings (SSSR count). The van der Waals surface area contributed by atoms with Crippen molar-refractivity contribution in [2.45, 2.75) is 0 Å². The normalized spacial score (nSPS) is 0. The quantitative estimate of drug-likeness (QED) is 0.425. The summed E-state index contributed by atoms with van der Waals surface area (Å²) in [6.07, 6.45) is 0. The van der Waals surface area contributed by atoms with Crippen LogP contribution in [-0.4, -0.2) is 11.0 Å². The maximum absolute atomic E-state index is 0. The van der Waals surface area contributed by atoms with E-state index < -0.39 is 0 Å². The molecule has 0 aliphatic rings. The van der Waals surface area contributed by atoms with Crippen LogP contribution in [0.3, 0.4) is 0 Å². The average molecular weight is 206 g/mol. The summed E-state index contributed by atoms with van der Waals surface area (Å²) in [5, 5.41) is 0. The molecule has 0 nitrogen and oxygen atoms in total. The third-order valence-electron chi connectivity index (χ3n) is 0. The summed E-state index contributed by atoms with van der Waals surface area (Å²) >= 11 is 0. The van der Waals surface area contributed by atoms with E-state index in [1.165, 1.54) is 0 Å². The Kier molecular flexibility index (Phi) is 226. The van der Waals surface area contributed by atoms with Crippen molar-refractivity contribution in [3.63, 3.8) is 0 Å². The molecule has 2 radical (unpaired) electrons. The van der Waals surface area contributed by atoms with Gasteiger partial charge in [0.05, 0.1) is 0 Å². The van der Waals surface area contributed by atoms with Crippen molar-refractivity contribution in [3.05, 3.63) is 0 Å². The average Bonchev–Trinajstić information content (AvgIpc) is 0. The fourth-order valence-corrected chi connectivity index (χ4v) is 0. The van der Waals surface area contributed by atoms with Crippen LogP contribution in [0.2, 0.25) is 0 Å². The molecular weight excluding hydrogens is 202 g/mol. The van der Waals surface area contributed by atoms with Crippen molar-refractivity contribution in [1.29, 1.82) is 0 Å². The van der Waals surface area contributed by atoms with E-state index in [2.05, 4.69) is 0 Å². The Balaban J connectivity index is 0. The molecule has 0 spiro atoms. The molecule has 0 aromatic heterocycles. The predicted octanol–water partition coefficient (Wildman–Crippen LogP) is -1.46. The van der Waals surface area contributed by atoms with Crippen LogP contribution in [0.1, 0.15) is 0 Å². The maximum Gasteiger partial charge on any atom is 0 e. The van der Waals surface area contributed by atoms with Crippen LogP contribution in [0.5, 0.6) is 0 Å². The Morgan fingerprint density at radius 1 is 1.00 bits per heavy atom. The standard InChI is InChI=1S/Cu.Fe.Mn.H4Si/h;;;1H4. The van der Waals surface area contributed by atoms with Gasteiger partial charge in [0.1, 0.15) is 0 Å². The van der Waals surface area contributed by atoms with E-state index in [-0.39, 0.29) is 62.2 Å². The third-order valence-corrected chi connectivity index (χ3v) is 0. The number of hydrogen-bond acceptors (Lipinski definition) is 0. The summed E-state index contributed by atoms with van der Waals surface area (Å²) in [4.78, 5) is 0. The van der Waals surface area contributed by atoms with Crippen molar-refractivity contribution >= 4 is 11.0 Å². The molecule has 0 aromatic carbocycles. The van der Waals surface area contributed by atoms with E-state index in [4.69, 9.17) is 0 Å². The summed E-state index contributed by atoms with van der Waals surface area (Å²) in [5.74, 6) is 0. The Labute approximate surface area is 61.9 Å². The number of rotatable bonds is 0. The molecule has 0 unspecified atom stereocenters. The van der Waals surface area contributed by atoms with Gasteiger partial charge in [0, 0.05) is 51.2 Å².